The number of rotatable bonds is 1. The van der Waals surface area contributed by atoms with Gasteiger partial charge in [0, 0.05) is 6.04 Å². The fourth-order valence-corrected chi connectivity index (χ4v) is 1.40. The van der Waals surface area contributed by atoms with Gasteiger partial charge in [-0.15, -0.1) is 0 Å². The average molecular weight is 129 g/mol. The molecule has 1 saturated carbocycles. The molecule has 1 aliphatic rings. The molecule has 0 heterocycles. The number of hydrogen-bond donors (Lipinski definition) is 1. The largest absolute Gasteiger partial charge is 0.393 e. The first-order chi connectivity index (χ1) is 4.20. The molecule has 2 atom stereocenters. The Balaban J connectivity index is 2.30. The molecule has 0 bridgehead atoms. The number of nitrogens with zero attached hydrogens (tertiary/aromatic N) is 1. The molecule has 0 aliphatic heterocycles. The molecule has 1 rings (SSSR count). The van der Waals surface area contributed by atoms with Crippen molar-refractivity contribution in [1.29, 1.82) is 0 Å². The van der Waals surface area contributed by atoms with Gasteiger partial charge in [-0.05, 0) is 33.4 Å². The number of aliphatic hydroxyl groups is 1. The summed E-state index contributed by atoms with van der Waals surface area (Å²) in [4.78, 5) is 2.19. The van der Waals surface area contributed by atoms with E-state index in [1.807, 2.05) is 0 Å². The Morgan fingerprint density at radius 2 is 2.00 bits per heavy atom. The Hall–Kier alpha value is -0.0800. The highest BCUT2D eigenvalue weighted by Gasteiger charge is 2.23. The maximum Gasteiger partial charge on any atom is 0.0555 e. The Kier molecular flexibility index (Phi) is 2.09. The quantitative estimate of drug-likeness (QED) is 0.556. The highest BCUT2D eigenvalue weighted by Crippen LogP contribution is 2.21. The number of aliphatic hydroxyl groups excluding tert-OH is 1. The van der Waals surface area contributed by atoms with E-state index in [2.05, 4.69) is 19.0 Å². The molecule has 0 spiro atoms. The number of hydrogen-bond acceptors (Lipinski definition) is 2. The molecule has 1 fully saturated rings. The Morgan fingerprint density at radius 3 is 2.22 bits per heavy atom. The van der Waals surface area contributed by atoms with Crippen molar-refractivity contribution in [3.05, 3.63) is 0 Å². The normalized spacial score (nSPS) is 36.0. The van der Waals surface area contributed by atoms with E-state index >= 15 is 0 Å². The van der Waals surface area contributed by atoms with Gasteiger partial charge in [-0.2, -0.15) is 0 Å². The van der Waals surface area contributed by atoms with Crippen molar-refractivity contribution in [3.63, 3.8) is 0 Å². The summed E-state index contributed by atoms with van der Waals surface area (Å²) >= 11 is 0. The standard InChI is InChI=1S/C7H15NO/c1-8(2)6-3-4-7(9)5-6/h6-7,9H,3-5H2,1-2H3. The van der Waals surface area contributed by atoms with Gasteiger partial charge in [-0.3, -0.25) is 0 Å². The van der Waals surface area contributed by atoms with Crippen molar-refractivity contribution in [2.24, 2.45) is 0 Å². The minimum Gasteiger partial charge on any atom is -0.393 e. The van der Waals surface area contributed by atoms with E-state index < -0.39 is 0 Å². The molecule has 0 aromatic rings. The maximum atomic E-state index is 9.12. The molecule has 54 valence electrons. The third kappa shape index (κ3) is 1.66. The molecule has 2 nitrogen and oxygen atoms in total. The molecule has 9 heavy (non-hydrogen) atoms. The minimum absolute atomic E-state index is 0.0302. The van der Waals surface area contributed by atoms with Crippen molar-refractivity contribution in [3.8, 4) is 0 Å². The molecule has 0 saturated heterocycles. The van der Waals surface area contributed by atoms with E-state index in [9.17, 15) is 0 Å². The lowest BCUT2D eigenvalue weighted by Crippen LogP contribution is -2.25. The minimum atomic E-state index is -0.0302. The first kappa shape index (κ1) is 7.03. The van der Waals surface area contributed by atoms with Crippen LogP contribution in [0.2, 0.25) is 0 Å². The van der Waals surface area contributed by atoms with Crippen LogP contribution in [0.5, 0.6) is 0 Å². The summed E-state index contributed by atoms with van der Waals surface area (Å²) in [5.74, 6) is 0. The predicted octanol–water partition coefficient (Wildman–Crippen LogP) is 0.461. The Morgan fingerprint density at radius 1 is 1.33 bits per heavy atom. The van der Waals surface area contributed by atoms with Crippen LogP contribution < -0.4 is 0 Å². The zero-order valence-corrected chi connectivity index (χ0v) is 6.17. The van der Waals surface area contributed by atoms with Crippen molar-refractivity contribution >= 4 is 0 Å². The lowest BCUT2D eigenvalue weighted by molar-refractivity contribution is 0.169. The van der Waals surface area contributed by atoms with Gasteiger partial charge in [0.25, 0.3) is 0 Å². The first-order valence-electron chi connectivity index (χ1n) is 3.54. The maximum absolute atomic E-state index is 9.12. The SMILES string of the molecule is CN(C)C1CCC(O)C1. The summed E-state index contributed by atoms with van der Waals surface area (Å²) in [7, 11) is 4.14. The Bertz CT molecular complexity index is 92.9. The highest BCUT2D eigenvalue weighted by molar-refractivity contribution is 4.79. The van der Waals surface area contributed by atoms with Crippen molar-refractivity contribution in [2.75, 3.05) is 14.1 Å². The van der Waals surface area contributed by atoms with Gasteiger partial charge in [0.2, 0.25) is 0 Å². The van der Waals surface area contributed by atoms with Crippen LogP contribution in [-0.2, 0) is 0 Å². The molecule has 2 heteroatoms. The topological polar surface area (TPSA) is 23.5 Å². The lowest BCUT2D eigenvalue weighted by Gasteiger charge is -2.17. The highest BCUT2D eigenvalue weighted by atomic mass is 16.3. The summed E-state index contributed by atoms with van der Waals surface area (Å²) in [6, 6.07) is 0.625. The van der Waals surface area contributed by atoms with Crippen LogP contribution >= 0.6 is 0 Å². The first-order valence-corrected chi connectivity index (χ1v) is 3.54. The third-order valence-electron chi connectivity index (χ3n) is 2.11. The molecule has 0 radical (unpaired) electrons. The molecule has 1 aliphatic carbocycles. The average Bonchev–Trinajstić information content (AvgIpc) is 2.14. The fraction of sp³-hybridized carbons (Fsp3) is 1.00. The van der Waals surface area contributed by atoms with Gasteiger partial charge in [0.05, 0.1) is 6.10 Å². The summed E-state index contributed by atoms with van der Waals surface area (Å²) in [5.41, 5.74) is 0. The monoisotopic (exact) mass is 129 g/mol. The van der Waals surface area contributed by atoms with Gasteiger partial charge >= 0.3 is 0 Å². The van der Waals surface area contributed by atoms with Crippen LogP contribution in [0.3, 0.4) is 0 Å². The summed E-state index contributed by atoms with van der Waals surface area (Å²) in [5, 5.41) is 9.12. The van der Waals surface area contributed by atoms with Crippen molar-refractivity contribution in [1.82, 2.24) is 4.90 Å². The van der Waals surface area contributed by atoms with E-state index in [4.69, 9.17) is 5.11 Å². The van der Waals surface area contributed by atoms with Crippen molar-refractivity contribution < 1.29 is 5.11 Å². The Labute approximate surface area is 56.5 Å². The van der Waals surface area contributed by atoms with Crippen LogP contribution in [0.25, 0.3) is 0 Å². The van der Waals surface area contributed by atoms with Gasteiger partial charge in [-0.1, -0.05) is 0 Å². The molecule has 0 amide bonds. The van der Waals surface area contributed by atoms with E-state index in [1.54, 1.807) is 0 Å². The molecule has 0 aromatic heterocycles. The van der Waals surface area contributed by atoms with Gasteiger partial charge < -0.3 is 10.0 Å². The molecule has 1 N–H and O–H groups in total. The van der Waals surface area contributed by atoms with Crippen LogP contribution in [0, 0.1) is 0 Å². The summed E-state index contributed by atoms with van der Waals surface area (Å²) in [6.07, 6.45) is 3.08. The second-order valence-corrected chi connectivity index (χ2v) is 3.08. The van der Waals surface area contributed by atoms with Crippen LogP contribution in [-0.4, -0.2) is 36.2 Å². The summed E-state index contributed by atoms with van der Waals surface area (Å²) < 4.78 is 0. The second-order valence-electron chi connectivity index (χ2n) is 3.08. The van der Waals surface area contributed by atoms with Crippen LogP contribution in [0.4, 0.5) is 0 Å². The zero-order chi connectivity index (χ0) is 6.85. The van der Waals surface area contributed by atoms with E-state index in [1.165, 1.54) is 0 Å². The third-order valence-corrected chi connectivity index (χ3v) is 2.11. The lowest BCUT2D eigenvalue weighted by atomic mass is 10.2. The molecular weight excluding hydrogens is 114 g/mol. The van der Waals surface area contributed by atoms with E-state index in [0.717, 1.165) is 19.3 Å². The predicted molar refractivity (Wildman–Crippen MR) is 37.3 cm³/mol. The zero-order valence-electron chi connectivity index (χ0n) is 6.17. The van der Waals surface area contributed by atoms with E-state index in [0.29, 0.717) is 6.04 Å². The van der Waals surface area contributed by atoms with Crippen LogP contribution in [0.15, 0.2) is 0 Å². The second kappa shape index (κ2) is 2.67. The smallest absolute Gasteiger partial charge is 0.0555 e. The van der Waals surface area contributed by atoms with Gasteiger partial charge in [-0.25, -0.2) is 0 Å². The molecular formula is C7H15NO. The van der Waals surface area contributed by atoms with Gasteiger partial charge in [0.1, 0.15) is 0 Å². The molecule has 0 aromatic carbocycles. The van der Waals surface area contributed by atoms with E-state index in [-0.39, 0.29) is 6.10 Å². The van der Waals surface area contributed by atoms with Crippen LogP contribution in [0.1, 0.15) is 19.3 Å². The van der Waals surface area contributed by atoms with Gasteiger partial charge in [0.15, 0.2) is 0 Å². The summed E-state index contributed by atoms with van der Waals surface area (Å²) in [6.45, 7) is 0. The van der Waals surface area contributed by atoms with Crippen molar-refractivity contribution in [2.45, 2.75) is 31.4 Å². The molecule has 2 unspecified atom stereocenters. The fourth-order valence-electron chi connectivity index (χ4n) is 1.40.